The first kappa shape index (κ1) is 17.9. The number of rotatable bonds is 6. The van der Waals surface area contributed by atoms with Crippen LogP contribution >= 0.6 is 15.9 Å². The van der Waals surface area contributed by atoms with E-state index in [4.69, 9.17) is 9.84 Å². The Morgan fingerprint density at radius 3 is 2.65 bits per heavy atom. The fraction of sp³-hybridized carbons (Fsp3) is 0.529. The molecular weight excluding hydrogens is 362 g/mol. The third kappa shape index (κ3) is 4.32. The van der Waals surface area contributed by atoms with Gasteiger partial charge in [0.1, 0.15) is 0 Å². The SMILES string of the molecule is CN(CCCC(=O)O)C(=O)C1(c2cccc(Br)c2)CCOCC1. The van der Waals surface area contributed by atoms with Gasteiger partial charge in [-0.25, -0.2) is 0 Å². The van der Waals surface area contributed by atoms with Gasteiger partial charge in [-0.3, -0.25) is 9.59 Å². The van der Waals surface area contributed by atoms with Crippen LogP contribution in [0.3, 0.4) is 0 Å². The van der Waals surface area contributed by atoms with Gasteiger partial charge in [-0.1, -0.05) is 28.1 Å². The first-order chi connectivity index (χ1) is 11.0. The van der Waals surface area contributed by atoms with Crippen molar-refractivity contribution < 1.29 is 19.4 Å². The van der Waals surface area contributed by atoms with Crippen molar-refractivity contribution in [2.75, 3.05) is 26.8 Å². The van der Waals surface area contributed by atoms with E-state index in [0.29, 0.717) is 39.0 Å². The van der Waals surface area contributed by atoms with E-state index in [0.717, 1.165) is 10.0 Å². The highest BCUT2D eigenvalue weighted by atomic mass is 79.9. The fourth-order valence-corrected chi connectivity index (χ4v) is 3.47. The highest BCUT2D eigenvalue weighted by molar-refractivity contribution is 9.10. The number of benzene rings is 1. The second-order valence-corrected chi connectivity index (χ2v) is 6.84. The monoisotopic (exact) mass is 383 g/mol. The van der Waals surface area contributed by atoms with Crippen molar-refractivity contribution in [3.8, 4) is 0 Å². The quantitative estimate of drug-likeness (QED) is 0.819. The van der Waals surface area contributed by atoms with Gasteiger partial charge in [0.15, 0.2) is 0 Å². The standard InChI is InChI=1S/C17H22BrNO4/c1-19(9-3-6-15(20)21)16(22)17(7-10-23-11-8-17)13-4-2-5-14(18)12-13/h2,4-5,12H,3,6-11H2,1H3,(H,20,21). The molecular formula is C17H22BrNO4. The molecule has 23 heavy (non-hydrogen) atoms. The number of amides is 1. The van der Waals surface area contributed by atoms with Crippen LogP contribution in [-0.2, 0) is 19.7 Å². The molecule has 5 nitrogen and oxygen atoms in total. The lowest BCUT2D eigenvalue weighted by molar-refractivity contribution is -0.141. The number of carbonyl (C=O) groups excluding carboxylic acids is 1. The van der Waals surface area contributed by atoms with Crippen LogP contribution in [0.5, 0.6) is 0 Å². The lowest BCUT2D eigenvalue weighted by Gasteiger charge is -2.39. The number of hydrogen-bond acceptors (Lipinski definition) is 3. The lowest BCUT2D eigenvalue weighted by Crippen LogP contribution is -2.49. The predicted molar refractivity (Wildman–Crippen MR) is 90.4 cm³/mol. The summed E-state index contributed by atoms with van der Waals surface area (Å²) < 4.78 is 6.41. The zero-order valence-electron chi connectivity index (χ0n) is 13.3. The summed E-state index contributed by atoms with van der Waals surface area (Å²) in [7, 11) is 1.75. The van der Waals surface area contributed by atoms with Crippen LogP contribution in [0.1, 0.15) is 31.2 Å². The minimum absolute atomic E-state index is 0.0456. The summed E-state index contributed by atoms with van der Waals surface area (Å²) >= 11 is 3.48. The molecule has 0 unspecified atom stereocenters. The van der Waals surface area contributed by atoms with Crippen molar-refractivity contribution in [1.29, 1.82) is 0 Å². The molecule has 1 heterocycles. The fourth-order valence-electron chi connectivity index (χ4n) is 3.07. The van der Waals surface area contributed by atoms with Gasteiger partial charge in [0.2, 0.25) is 5.91 Å². The molecule has 1 fully saturated rings. The van der Waals surface area contributed by atoms with Gasteiger partial charge >= 0.3 is 5.97 Å². The minimum Gasteiger partial charge on any atom is -0.481 e. The molecule has 1 amide bonds. The van der Waals surface area contributed by atoms with Gasteiger partial charge in [-0.15, -0.1) is 0 Å². The summed E-state index contributed by atoms with van der Waals surface area (Å²) in [5, 5.41) is 8.75. The first-order valence-corrected chi connectivity index (χ1v) is 8.56. The van der Waals surface area contributed by atoms with Crippen molar-refractivity contribution >= 4 is 27.8 Å². The van der Waals surface area contributed by atoms with E-state index in [1.807, 2.05) is 24.3 Å². The molecule has 2 rings (SSSR count). The molecule has 0 bridgehead atoms. The molecule has 0 aromatic heterocycles. The van der Waals surface area contributed by atoms with Crippen LogP contribution in [0.4, 0.5) is 0 Å². The van der Waals surface area contributed by atoms with Crippen LogP contribution in [0.15, 0.2) is 28.7 Å². The maximum absolute atomic E-state index is 13.1. The Morgan fingerprint density at radius 2 is 2.04 bits per heavy atom. The predicted octanol–water partition coefficient (Wildman–Crippen LogP) is 2.82. The van der Waals surface area contributed by atoms with Crippen molar-refractivity contribution in [1.82, 2.24) is 4.90 Å². The van der Waals surface area contributed by atoms with Gasteiger partial charge in [0.25, 0.3) is 0 Å². The molecule has 0 radical (unpaired) electrons. The molecule has 1 aromatic rings. The molecule has 1 N–H and O–H groups in total. The Morgan fingerprint density at radius 1 is 1.35 bits per heavy atom. The second kappa shape index (κ2) is 7.93. The van der Waals surface area contributed by atoms with Crippen molar-refractivity contribution in [2.24, 2.45) is 0 Å². The van der Waals surface area contributed by atoms with E-state index < -0.39 is 11.4 Å². The number of carboxylic acid groups (broad SMARTS) is 1. The number of ether oxygens (including phenoxy) is 1. The third-order valence-corrected chi connectivity index (χ3v) is 4.86. The zero-order chi connectivity index (χ0) is 16.9. The number of hydrogen-bond donors (Lipinski definition) is 1. The molecule has 0 spiro atoms. The Hall–Kier alpha value is -1.40. The van der Waals surface area contributed by atoms with Crippen LogP contribution in [0.25, 0.3) is 0 Å². The molecule has 0 saturated carbocycles. The maximum Gasteiger partial charge on any atom is 0.303 e. The Bertz CT molecular complexity index is 569. The molecule has 1 aliphatic heterocycles. The van der Waals surface area contributed by atoms with E-state index in [9.17, 15) is 9.59 Å². The number of likely N-dealkylation sites (N-methyl/N-ethyl adjacent to an activating group) is 1. The summed E-state index contributed by atoms with van der Waals surface area (Å²) in [5.41, 5.74) is 0.408. The normalized spacial score (nSPS) is 16.8. The molecule has 126 valence electrons. The number of aliphatic carboxylic acids is 1. The third-order valence-electron chi connectivity index (χ3n) is 4.36. The molecule has 1 aromatic carbocycles. The summed E-state index contributed by atoms with van der Waals surface area (Å²) in [4.78, 5) is 25.4. The van der Waals surface area contributed by atoms with E-state index in [2.05, 4.69) is 15.9 Å². The van der Waals surface area contributed by atoms with E-state index in [1.54, 1.807) is 11.9 Å². The van der Waals surface area contributed by atoms with Gasteiger partial charge < -0.3 is 14.7 Å². The van der Waals surface area contributed by atoms with Crippen LogP contribution in [0.2, 0.25) is 0 Å². The summed E-state index contributed by atoms with van der Waals surface area (Å²) in [5.74, 6) is -0.789. The maximum atomic E-state index is 13.1. The van der Waals surface area contributed by atoms with Gasteiger partial charge in [-0.05, 0) is 37.0 Å². The van der Waals surface area contributed by atoms with Gasteiger partial charge in [-0.2, -0.15) is 0 Å². The molecule has 0 atom stereocenters. The zero-order valence-corrected chi connectivity index (χ0v) is 14.8. The number of halogens is 1. The van der Waals surface area contributed by atoms with E-state index in [1.165, 1.54) is 0 Å². The summed E-state index contributed by atoms with van der Waals surface area (Å²) in [6, 6.07) is 7.86. The average molecular weight is 384 g/mol. The van der Waals surface area contributed by atoms with Gasteiger partial charge in [0.05, 0.1) is 5.41 Å². The Balaban J connectivity index is 2.20. The lowest BCUT2D eigenvalue weighted by atomic mass is 9.73. The van der Waals surface area contributed by atoms with Crippen LogP contribution in [-0.4, -0.2) is 48.7 Å². The van der Waals surface area contributed by atoms with E-state index in [-0.39, 0.29) is 12.3 Å². The number of carbonyl (C=O) groups is 2. The average Bonchev–Trinajstić information content (AvgIpc) is 2.54. The Labute approximate surface area is 144 Å². The van der Waals surface area contributed by atoms with Gasteiger partial charge in [0, 0.05) is 37.7 Å². The molecule has 0 aliphatic carbocycles. The van der Waals surface area contributed by atoms with Crippen LogP contribution < -0.4 is 0 Å². The smallest absolute Gasteiger partial charge is 0.303 e. The second-order valence-electron chi connectivity index (χ2n) is 5.93. The molecule has 6 heteroatoms. The van der Waals surface area contributed by atoms with Crippen molar-refractivity contribution in [3.63, 3.8) is 0 Å². The number of carboxylic acids is 1. The molecule has 1 saturated heterocycles. The summed E-state index contributed by atoms with van der Waals surface area (Å²) in [6.07, 6.45) is 1.82. The van der Waals surface area contributed by atoms with E-state index >= 15 is 0 Å². The molecule has 1 aliphatic rings. The largest absolute Gasteiger partial charge is 0.481 e. The van der Waals surface area contributed by atoms with Crippen molar-refractivity contribution in [2.45, 2.75) is 31.1 Å². The highest BCUT2D eigenvalue weighted by Crippen LogP contribution is 2.37. The summed E-state index contributed by atoms with van der Waals surface area (Å²) in [6.45, 7) is 1.56. The Kier molecular flexibility index (Phi) is 6.18. The number of nitrogens with zero attached hydrogens (tertiary/aromatic N) is 1. The first-order valence-electron chi connectivity index (χ1n) is 7.77. The minimum atomic E-state index is -0.835. The highest BCUT2D eigenvalue weighted by Gasteiger charge is 2.43. The topological polar surface area (TPSA) is 66.8 Å². The van der Waals surface area contributed by atoms with Crippen LogP contribution in [0, 0.1) is 0 Å². The van der Waals surface area contributed by atoms with Crippen molar-refractivity contribution in [3.05, 3.63) is 34.3 Å².